The molecule has 0 aliphatic carbocycles. The van der Waals surface area contributed by atoms with Crippen LogP contribution in [0.5, 0.6) is 0 Å². The molecule has 0 saturated carbocycles. The zero-order valence-corrected chi connectivity index (χ0v) is 7.85. The first kappa shape index (κ1) is 10.4. The maximum absolute atomic E-state index is 10.6. The summed E-state index contributed by atoms with van der Waals surface area (Å²) in [6.07, 6.45) is 3.05. The van der Waals surface area contributed by atoms with Crippen LogP contribution in [0.25, 0.3) is 0 Å². The van der Waals surface area contributed by atoms with Gasteiger partial charge < -0.3 is 5.32 Å². The van der Waals surface area contributed by atoms with E-state index in [-0.39, 0.29) is 11.7 Å². The second-order valence-corrected chi connectivity index (χ2v) is 2.50. The van der Waals surface area contributed by atoms with Crippen molar-refractivity contribution >= 4 is 27.6 Å². The normalized spacial score (nSPS) is 10.0. The van der Waals surface area contributed by atoms with E-state index in [4.69, 9.17) is 0 Å². The SMILES string of the molecule is CC(=O)NC/C=C/C(=O)CBr. The first-order valence-electron chi connectivity index (χ1n) is 3.16. The van der Waals surface area contributed by atoms with Crippen molar-refractivity contribution in [3.8, 4) is 0 Å². The van der Waals surface area contributed by atoms with Crippen molar-refractivity contribution in [1.82, 2.24) is 5.32 Å². The minimum Gasteiger partial charge on any atom is -0.353 e. The molecular weight excluding hydrogens is 210 g/mol. The number of nitrogens with one attached hydrogen (secondary N) is 1. The second kappa shape index (κ2) is 6.09. The van der Waals surface area contributed by atoms with E-state index < -0.39 is 0 Å². The van der Waals surface area contributed by atoms with Gasteiger partial charge in [0.2, 0.25) is 5.91 Å². The van der Waals surface area contributed by atoms with Crippen LogP contribution < -0.4 is 5.32 Å². The van der Waals surface area contributed by atoms with Crippen LogP contribution >= 0.6 is 15.9 Å². The topological polar surface area (TPSA) is 46.2 Å². The predicted octanol–water partition coefficient (Wildman–Crippen LogP) is 0.643. The zero-order valence-electron chi connectivity index (χ0n) is 6.26. The summed E-state index contributed by atoms with van der Waals surface area (Å²) < 4.78 is 0. The van der Waals surface area contributed by atoms with Crippen LogP contribution in [0, 0.1) is 0 Å². The average Bonchev–Trinajstić information content (AvgIpc) is 1.97. The Kier molecular flexibility index (Phi) is 5.74. The molecule has 0 spiro atoms. The summed E-state index contributed by atoms with van der Waals surface area (Å²) in [4.78, 5) is 20.9. The number of alkyl halides is 1. The molecule has 0 radical (unpaired) electrons. The molecule has 62 valence electrons. The molecule has 4 heteroatoms. The maximum Gasteiger partial charge on any atom is 0.217 e. The lowest BCUT2D eigenvalue weighted by Crippen LogP contribution is -2.19. The van der Waals surface area contributed by atoms with Crippen LogP contribution in [0.4, 0.5) is 0 Å². The summed E-state index contributed by atoms with van der Waals surface area (Å²) in [5.74, 6) is -0.101. The Hall–Kier alpha value is -0.640. The highest BCUT2D eigenvalue weighted by Crippen LogP contribution is 1.83. The number of hydrogen-bond acceptors (Lipinski definition) is 2. The molecule has 0 aromatic carbocycles. The highest BCUT2D eigenvalue weighted by atomic mass is 79.9. The fourth-order valence-electron chi connectivity index (χ4n) is 0.438. The van der Waals surface area contributed by atoms with Gasteiger partial charge in [-0.1, -0.05) is 22.0 Å². The third kappa shape index (κ3) is 7.25. The van der Waals surface area contributed by atoms with Gasteiger partial charge in [0.1, 0.15) is 0 Å². The number of rotatable bonds is 4. The van der Waals surface area contributed by atoms with E-state index in [0.717, 1.165) is 0 Å². The standard InChI is InChI=1S/C7H10BrNO2/c1-6(10)9-4-2-3-7(11)5-8/h2-3H,4-5H2,1H3,(H,9,10)/b3-2+. The maximum atomic E-state index is 10.6. The molecule has 0 rings (SSSR count). The van der Waals surface area contributed by atoms with Gasteiger partial charge >= 0.3 is 0 Å². The fraction of sp³-hybridized carbons (Fsp3) is 0.429. The Balaban J connectivity index is 3.45. The van der Waals surface area contributed by atoms with Gasteiger partial charge in [-0.05, 0) is 6.08 Å². The Morgan fingerprint density at radius 3 is 2.64 bits per heavy atom. The monoisotopic (exact) mass is 219 g/mol. The summed E-state index contributed by atoms with van der Waals surface area (Å²) >= 11 is 3.01. The van der Waals surface area contributed by atoms with Gasteiger partial charge in [-0.25, -0.2) is 0 Å². The number of amides is 1. The van der Waals surface area contributed by atoms with E-state index in [0.29, 0.717) is 11.9 Å². The van der Waals surface area contributed by atoms with E-state index in [1.54, 1.807) is 6.08 Å². The Labute approximate surface area is 74.0 Å². The molecule has 0 heterocycles. The van der Waals surface area contributed by atoms with Crippen LogP contribution in [-0.2, 0) is 9.59 Å². The number of carbonyl (C=O) groups is 2. The van der Waals surface area contributed by atoms with Crippen molar-refractivity contribution in [1.29, 1.82) is 0 Å². The van der Waals surface area contributed by atoms with Crippen molar-refractivity contribution in [2.24, 2.45) is 0 Å². The van der Waals surface area contributed by atoms with Crippen molar-refractivity contribution < 1.29 is 9.59 Å². The van der Waals surface area contributed by atoms with Gasteiger partial charge in [-0.3, -0.25) is 9.59 Å². The third-order valence-electron chi connectivity index (χ3n) is 0.904. The van der Waals surface area contributed by atoms with E-state index >= 15 is 0 Å². The van der Waals surface area contributed by atoms with Crippen LogP contribution in [0.3, 0.4) is 0 Å². The summed E-state index contributed by atoms with van der Waals surface area (Å²) in [6.45, 7) is 1.84. The molecule has 0 fully saturated rings. The van der Waals surface area contributed by atoms with Crippen LogP contribution in [-0.4, -0.2) is 23.6 Å². The lowest BCUT2D eigenvalue weighted by atomic mass is 10.4. The second-order valence-electron chi connectivity index (χ2n) is 1.94. The molecular formula is C7H10BrNO2. The zero-order chi connectivity index (χ0) is 8.69. The summed E-state index contributed by atoms with van der Waals surface area (Å²) in [7, 11) is 0. The molecule has 0 aliphatic heterocycles. The average molecular weight is 220 g/mol. The number of carbonyl (C=O) groups excluding carboxylic acids is 2. The van der Waals surface area contributed by atoms with E-state index in [2.05, 4.69) is 21.2 Å². The Morgan fingerprint density at radius 2 is 2.18 bits per heavy atom. The molecule has 1 amide bonds. The lowest BCUT2D eigenvalue weighted by Gasteiger charge is -1.92. The van der Waals surface area contributed by atoms with Crippen molar-refractivity contribution in [3.63, 3.8) is 0 Å². The number of hydrogen-bond donors (Lipinski definition) is 1. The predicted molar refractivity (Wildman–Crippen MR) is 46.6 cm³/mol. The highest BCUT2D eigenvalue weighted by molar-refractivity contribution is 9.09. The molecule has 0 aliphatic rings. The lowest BCUT2D eigenvalue weighted by molar-refractivity contribution is -0.118. The van der Waals surface area contributed by atoms with E-state index in [9.17, 15) is 9.59 Å². The molecule has 0 saturated heterocycles. The minimum atomic E-state index is -0.0964. The first-order chi connectivity index (χ1) is 5.16. The number of halogens is 1. The molecule has 0 aromatic heterocycles. The quantitative estimate of drug-likeness (QED) is 0.558. The summed E-state index contributed by atoms with van der Waals surface area (Å²) in [5.41, 5.74) is 0. The van der Waals surface area contributed by atoms with Gasteiger partial charge in [0, 0.05) is 13.5 Å². The third-order valence-corrected chi connectivity index (χ3v) is 1.46. The largest absolute Gasteiger partial charge is 0.353 e. The Morgan fingerprint density at radius 1 is 1.55 bits per heavy atom. The molecule has 0 atom stereocenters. The van der Waals surface area contributed by atoms with Crippen molar-refractivity contribution in [3.05, 3.63) is 12.2 Å². The van der Waals surface area contributed by atoms with Crippen molar-refractivity contribution in [2.45, 2.75) is 6.92 Å². The molecule has 0 aromatic rings. The molecule has 0 unspecified atom stereocenters. The van der Waals surface area contributed by atoms with Gasteiger partial charge in [0.25, 0.3) is 0 Å². The summed E-state index contributed by atoms with van der Waals surface area (Å²) in [6, 6.07) is 0. The van der Waals surface area contributed by atoms with Crippen LogP contribution in [0.1, 0.15) is 6.92 Å². The van der Waals surface area contributed by atoms with Crippen LogP contribution in [0.2, 0.25) is 0 Å². The smallest absolute Gasteiger partial charge is 0.217 e. The van der Waals surface area contributed by atoms with Gasteiger partial charge in [-0.2, -0.15) is 0 Å². The minimum absolute atomic E-state index is 0.00430. The van der Waals surface area contributed by atoms with Gasteiger partial charge in [-0.15, -0.1) is 0 Å². The van der Waals surface area contributed by atoms with Gasteiger partial charge in [0.05, 0.1) is 5.33 Å². The van der Waals surface area contributed by atoms with E-state index in [1.807, 2.05) is 0 Å². The van der Waals surface area contributed by atoms with Crippen molar-refractivity contribution in [2.75, 3.05) is 11.9 Å². The number of ketones is 1. The molecule has 0 bridgehead atoms. The molecule has 11 heavy (non-hydrogen) atoms. The number of allylic oxidation sites excluding steroid dienone is 1. The Bertz CT molecular complexity index is 177. The first-order valence-corrected chi connectivity index (χ1v) is 4.28. The van der Waals surface area contributed by atoms with E-state index in [1.165, 1.54) is 13.0 Å². The van der Waals surface area contributed by atoms with Gasteiger partial charge in [0.15, 0.2) is 5.78 Å². The fourth-order valence-corrected chi connectivity index (χ4v) is 0.624. The summed E-state index contributed by atoms with van der Waals surface area (Å²) in [5, 5.41) is 2.85. The molecule has 3 nitrogen and oxygen atoms in total. The highest BCUT2D eigenvalue weighted by Gasteiger charge is 1.89. The molecule has 1 N–H and O–H groups in total. The van der Waals surface area contributed by atoms with Crippen LogP contribution in [0.15, 0.2) is 12.2 Å².